The first kappa shape index (κ1) is 16.8. The summed E-state index contributed by atoms with van der Waals surface area (Å²) in [5.41, 5.74) is 8.84. The minimum absolute atomic E-state index is 0.290. The number of carbonyl (C=O) groups excluding carboxylic acids is 1. The number of halogens is 1. The van der Waals surface area contributed by atoms with Gasteiger partial charge in [-0.25, -0.2) is 4.39 Å². The van der Waals surface area contributed by atoms with Gasteiger partial charge in [-0.1, -0.05) is 0 Å². The van der Waals surface area contributed by atoms with Gasteiger partial charge in [0, 0.05) is 24.6 Å². The largest absolute Gasteiger partial charge is 0.494 e. The highest BCUT2D eigenvalue weighted by atomic mass is 19.1. The molecule has 0 fully saturated rings. The fourth-order valence-electron chi connectivity index (χ4n) is 3.88. The average molecular weight is 360 g/mol. The molecule has 4 rings (SSSR count). The van der Waals surface area contributed by atoms with Gasteiger partial charge in [0.25, 0.3) is 5.91 Å². The van der Waals surface area contributed by atoms with Crippen LogP contribution >= 0.6 is 0 Å². The number of hydrogen-bond donors (Lipinski definition) is 3. The topological polar surface area (TPSA) is 102 Å². The van der Waals surface area contributed by atoms with E-state index < -0.39 is 17.8 Å². The first-order valence-corrected chi connectivity index (χ1v) is 8.69. The van der Waals surface area contributed by atoms with Crippen molar-refractivity contribution < 1.29 is 19.0 Å². The summed E-state index contributed by atoms with van der Waals surface area (Å²) in [5, 5.41) is 17.4. The molecule has 1 aliphatic carbocycles. The number of aliphatic hydroxyl groups is 1. The third-order valence-electron chi connectivity index (χ3n) is 5.20. The van der Waals surface area contributed by atoms with Crippen LogP contribution in [-0.2, 0) is 12.8 Å². The van der Waals surface area contributed by atoms with Crippen LogP contribution in [0.2, 0.25) is 0 Å². The number of carbonyl (C=O) groups is 1. The van der Waals surface area contributed by atoms with E-state index in [4.69, 9.17) is 10.5 Å². The summed E-state index contributed by atoms with van der Waals surface area (Å²) in [7, 11) is 1.47. The quantitative estimate of drug-likeness (QED) is 0.753. The minimum atomic E-state index is -0.565. The molecule has 0 bridgehead atoms. The maximum absolute atomic E-state index is 14.0. The van der Waals surface area contributed by atoms with E-state index in [1.54, 1.807) is 0 Å². The van der Waals surface area contributed by atoms with Crippen LogP contribution in [0, 0.1) is 5.82 Å². The van der Waals surface area contributed by atoms with Gasteiger partial charge < -0.3 is 20.9 Å². The highest BCUT2D eigenvalue weighted by Crippen LogP contribution is 2.40. The summed E-state index contributed by atoms with van der Waals surface area (Å²) in [5.74, 6) is -0.627. The lowest BCUT2D eigenvalue weighted by atomic mass is 9.89. The molecule has 2 heterocycles. The van der Waals surface area contributed by atoms with E-state index in [-0.39, 0.29) is 5.91 Å². The molecule has 1 aliphatic heterocycles. The smallest absolute Gasteiger partial charge is 0.256 e. The Hall–Kier alpha value is -2.61. The molecule has 1 aromatic carbocycles. The molecule has 26 heavy (non-hydrogen) atoms. The Morgan fingerprint density at radius 1 is 1.46 bits per heavy atom. The van der Waals surface area contributed by atoms with Crippen molar-refractivity contribution in [3.8, 4) is 5.75 Å². The predicted molar refractivity (Wildman–Crippen MR) is 94.1 cm³/mol. The molecule has 138 valence electrons. The van der Waals surface area contributed by atoms with Crippen LogP contribution in [0.15, 0.2) is 12.1 Å². The molecule has 2 aliphatic rings. The van der Waals surface area contributed by atoms with Gasteiger partial charge in [-0.2, -0.15) is 9.78 Å². The van der Waals surface area contributed by atoms with Gasteiger partial charge in [0.1, 0.15) is 17.4 Å². The highest BCUT2D eigenvalue weighted by molar-refractivity contribution is 5.91. The normalized spacial score (nSPS) is 21.5. The first-order chi connectivity index (χ1) is 12.5. The molecule has 2 aromatic rings. The Kier molecular flexibility index (Phi) is 4.07. The molecule has 1 aromatic heterocycles. The maximum atomic E-state index is 14.0. The minimum Gasteiger partial charge on any atom is -0.494 e. The van der Waals surface area contributed by atoms with Crippen molar-refractivity contribution in [2.45, 2.75) is 37.7 Å². The zero-order valence-corrected chi connectivity index (χ0v) is 14.5. The molecular weight excluding hydrogens is 339 g/mol. The van der Waals surface area contributed by atoms with Crippen molar-refractivity contribution in [3.05, 3.63) is 34.8 Å². The third-order valence-corrected chi connectivity index (χ3v) is 5.20. The fraction of sp³-hybridized carbons (Fsp3) is 0.444. The lowest BCUT2D eigenvalue weighted by molar-refractivity contribution is 0.0858. The number of nitrogens with two attached hydrogens (primary N) is 1. The van der Waals surface area contributed by atoms with Crippen LogP contribution in [0.5, 0.6) is 5.75 Å². The molecule has 7 nitrogen and oxygen atoms in total. The number of fused-ring (bicyclic) bond motifs is 2. The van der Waals surface area contributed by atoms with E-state index in [9.17, 15) is 14.3 Å². The Bertz CT molecular complexity index is 880. The van der Waals surface area contributed by atoms with Gasteiger partial charge in [0.2, 0.25) is 0 Å². The molecule has 2 unspecified atom stereocenters. The summed E-state index contributed by atoms with van der Waals surface area (Å²) in [6.07, 6.45) is 1.64. The Labute approximate surface area is 149 Å². The number of aromatic nitrogens is 2. The molecule has 2 atom stereocenters. The third kappa shape index (κ3) is 2.61. The number of benzene rings is 1. The van der Waals surface area contributed by atoms with Gasteiger partial charge in [0.15, 0.2) is 0 Å². The van der Waals surface area contributed by atoms with E-state index in [1.165, 1.54) is 23.9 Å². The number of nitrogens with zero attached hydrogens (tertiary/aromatic N) is 2. The second kappa shape index (κ2) is 6.28. The lowest BCUT2D eigenvalue weighted by Gasteiger charge is -2.27. The van der Waals surface area contributed by atoms with E-state index in [0.717, 1.165) is 5.56 Å². The van der Waals surface area contributed by atoms with Crippen LogP contribution in [0.25, 0.3) is 0 Å². The van der Waals surface area contributed by atoms with Crippen LogP contribution in [0.4, 0.5) is 15.9 Å². The summed E-state index contributed by atoms with van der Waals surface area (Å²) < 4.78 is 20.5. The zero-order chi connectivity index (χ0) is 18.4. The molecule has 0 saturated carbocycles. The number of nitrogens with one attached hydrogen (secondary N) is 1. The number of hydrogen-bond acceptors (Lipinski definition) is 6. The van der Waals surface area contributed by atoms with Crippen molar-refractivity contribution >= 4 is 17.4 Å². The van der Waals surface area contributed by atoms with Crippen molar-refractivity contribution in [3.63, 3.8) is 0 Å². The maximum Gasteiger partial charge on any atom is 0.256 e. The van der Waals surface area contributed by atoms with Crippen molar-refractivity contribution in [1.29, 1.82) is 0 Å². The molecule has 4 N–H and O–H groups in total. The van der Waals surface area contributed by atoms with E-state index in [1.807, 2.05) is 0 Å². The molecule has 0 saturated heterocycles. The zero-order valence-electron chi connectivity index (χ0n) is 14.5. The lowest BCUT2D eigenvalue weighted by Crippen LogP contribution is -2.29. The van der Waals surface area contributed by atoms with E-state index in [2.05, 4.69) is 10.4 Å². The second-order valence-electron chi connectivity index (χ2n) is 6.80. The summed E-state index contributed by atoms with van der Waals surface area (Å²) in [6.45, 7) is 0.561. The van der Waals surface area contributed by atoms with E-state index in [0.29, 0.717) is 60.7 Å². The van der Waals surface area contributed by atoms with Crippen molar-refractivity contribution in [2.24, 2.45) is 0 Å². The van der Waals surface area contributed by atoms with E-state index >= 15 is 0 Å². The number of nitrogen functional groups attached to an aromatic ring is 1. The molecule has 8 heteroatoms. The Balaban J connectivity index is 1.74. The van der Waals surface area contributed by atoms with Crippen molar-refractivity contribution in [1.82, 2.24) is 9.78 Å². The van der Waals surface area contributed by atoms with Gasteiger partial charge >= 0.3 is 0 Å². The van der Waals surface area contributed by atoms with Gasteiger partial charge in [-0.05, 0) is 30.9 Å². The Morgan fingerprint density at radius 3 is 3.04 bits per heavy atom. The fourth-order valence-corrected chi connectivity index (χ4v) is 3.88. The molecular formula is C18H21FN4O3. The van der Waals surface area contributed by atoms with Gasteiger partial charge in [0.05, 0.1) is 30.5 Å². The average Bonchev–Trinajstić information content (AvgIpc) is 2.95. The SMILES string of the molecule is COc1cc(F)cc2c1NCCC2C(=O)n1nc2c(c1N)CCC(O)C2. The van der Waals surface area contributed by atoms with Crippen molar-refractivity contribution in [2.75, 3.05) is 24.7 Å². The second-order valence-corrected chi connectivity index (χ2v) is 6.80. The number of ether oxygens (including phenoxy) is 1. The van der Waals surface area contributed by atoms with Crippen LogP contribution in [0.1, 0.15) is 40.4 Å². The highest BCUT2D eigenvalue weighted by Gasteiger charge is 2.33. The monoisotopic (exact) mass is 360 g/mol. The predicted octanol–water partition coefficient (Wildman–Crippen LogP) is 1.70. The van der Waals surface area contributed by atoms with Gasteiger partial charge in [-0.15, -0.1) is 0 Å². The van der Waals surface area contributed by atoms with Crippen LogP contribution in [0.3, 0.4) is 0 Å². The van der Waals surface area contributed by atoms with Gasteiger partial charge in [-0.3, -0.25) is 4.79 Å². The Morgan fingerprint density at radius 2 is 2.27 bits per heavy atom. The number of methoxy groups -OCH3 is 1. The van der Waals surface area contributed by atoms with Crippen LogP contribution in [-0.4, -0.2) is 40.6 Å². The number of rotatable bonds is 2. The summed E-state index contributed by atoms with van der Waals surface area (Å²) in [4.78, 5) is 13.2. The number of aliphatic hydroxyl groups excluding tert-OH is 1. The standard InChI is InChI=1S/C18H21FN4O3/c1-26-15-7-9(19)6-13-11(4-5-21-16(13)15)18(25)23-17(20)12-3-2-10(24)8-14(12)22-23/h6-7,10-11,21,24H,2-5,8,20H2,1H3. The summed E-state index contributed by atoms with van der Waals surface area (Å²) in [6, 6.07) is 2.65. The first-order valence-electron chi connectivity index (χ1n) is 8.69. The molecule has 0 radical (unpaired) electrons. The molecule has 0 amide bonds. The molecule has 0 spiro atoms. The number of anilines is 2. The summed E-state index contributed by atoms with van der Waals surface area (Å²) >= 11 is 0. The van der Waals surface area contributed by atoms with Crippen LogP contribution < -0.4 is 15.8 Å².